The standard InChI is InChI=1S/C12H10N2O3/c1-7-3-4-9-8(5-7)11-10(13-6-17-11)12(15)14(9)16-2/h3-6H,1-2H3. The van der Waals surface area contributed by atoms with Crippen molar-refractivity contribution in [2.75, 3.05) is 7.11 Å². The SMILES string of the molecule is COn1c(=O)c2ncoc2c2cc(C)ccc21. The molecule has 5 nitrogen and oxygen atoms in total. The highest BCUT2D eigenvalue weighted by Gasteiger charge is 2.14. The van der Waals surface area contributed by atoms with Crippen LogP contribution in [0.3, 0.4) is 0 Å². The maximum atomic E-state index is 12.0. The maximum Gasteiger partial charge on any atom is 0.313 e. The third-order valence-electron chi connectivity index (χ3n) is 2.75. The van der Waals surface area contributed by atoms with Crippen LogP contribution in [0.4, 0.5) is 0 Å². The van der Waals surface area contributed by atoms with Crippen molar-refractivity contribution in [2.45, 2.75) is 6.92 Å². The van der Waals surface area contributed by atoms with Gasteiger partial charge in [-0.2, -0.15) is 0 Å². The molecule has 0 radical (unpaired) electrons. The van der Waals surface area contributed by atoms with Gasteiger partial charge in [0.05, 0.1) is 5.52 Å². The van der Waals surface area contributed by atoms with Crippen molar-refractivity contribution < 1.29 is 9.25 Å². The maximum absolute atomic E-state index is 12.0. The predicted octanol–water partition coefficient (Wildman–Crippen LogP) is 1.51. The van der Waals surface area contributed by atoms with Crippen molar-refractivity contribution in [3.8, 4) is 0 Å². The van der Waals surface area contributed by atoms with E-state index in [0.717, 1.165) is 10.9 Å². The molecule has 0 saturated heterocycles. The zero-order valence-electron chi connectivity index (χ0n) is 9.43. The first-order chi connectivity index (χ1) is 8.22. The summed E-state index contributed by atoms with van der Waals surface area (Å²) in [6.07, 6.45) is 1.27. The summed E-state index contributed by atoms with van der Waals surface area (Å²) in [5.41, 5.74) is 2.23. The van der Waals surface area contributed by atoms with Crippen molar-refractivity contribution in [3.05, 3.63) is 40.5 Å². The van der Waals surface area contributed by atoms with E-state index in [1.165, 1.54) is 18.2 Å². The van der Waals surface area contributed by atoms with Gasteiger partial charge in [-0.05, 0) is 19.1 Å². The van der Waals surface area contributed by atoms with Gasteiger partial charge < -0.3 is 9.25 Å². The lowest BCUT2D eigenvalue weighted by molar-refractivity contribution is 0.170. The normalized spacial score (nSPS) is 11.2. The van der Waals surface area contributed by atoms with E-state index in [4.69, 9.17) is 9.25 Å². The van der Waals surface area contributed by atoms with E-state index in [-0.39, 0.29) is 11.1 Å². The van der Waals surface area contributed by atoms with Crippen LogP contribution in [0, 0.1) is 6.92 Å². The Morgan fingerprint density at radius 2 is 2.24 bits per heavy atom. The van der Waals surface area contributed by atoms with Gasteiger partial charge in [-0.3, -0.25) is 4.79 Å². The molecular formula is C12H10N2O3. The molecule has 3 rings (SSSR count). The molecule has 5 heteroatoms. The molecule has 86 valence electrons. The van der Waals surface area contributed by atoms with E-state index < -0.39 is 0 Å². The summed E-state index contributed by atoms with van der Waals surface area (Å²) in [7, 11) is 1.45. The average molecular weight is 230 g/mol. The number of nitrogens with zero attached hydrogens (tertiary/aromatic N) is 2. The second-order valence-electron chi connectivity index (χ2n) is 3.83. The van der Waals surface area contributed by atoms with Crippen LogP contribution in [0.15, 0.2) is 33.8 Å². The first-order valence-electron chi connectivity index (χ1n) is 5.15. The number of fused-ring (bicyclic) bond motifs is 3. The van der Waals surface area contributed by atoms with Gasteiger partial charge >= 0.3 is 5.56 Å². The van der Waals surface area contributed by atoms with Crippen LogP contribution in [0.1, 0.15) is 5.56 Å². The van der Waals surface area contributed by atoms with Crippen LogP contribution in [0.2, 0.25) is 0 Å². The fourth-order valence-electron chi connectivity index (χ4n) is 1.99. The second-order valence-corrected chi connectivity index (χ2v) is 3.83. The zero-order valence-corrected chi connectivity index (χ0v) is 9.43. The van der Waals surface area contributed by atoms with Crippen molar-refractivity contribution in [2.24, 2.45) is 0 Å². The van der Waals surface area contributed by atoms with Crippen molar-refractivity contribution >= 4 is 22.0 Å². The minimum absolute atomic E-state index is 0.282. The fraction of sp³-hybridized carbons (Fsp3) is 0.167. The first kappa shape index (κ1) is 9.89. The van der Waals surface area contributed by atoms with Gasteiger partial charge in [0.1, 0.15) is 7.11 Å². The highest BCUT2D eigenvalue weighted by atomic mass is 16.6. The molecule has 1 aromatic carbocycles. The topological polar surface area (TPSA) is 57.3 Å². The van der Waals surface area contributed by atoms with Crippen LogP contribution >= 0.6 is 0 Å². The molecule has 0 aliphatic carbocycles. The van der Waals surface area contributed by atoms with Gasteiger partial charge in [0.25, 0.3) is 0 Å². The van der Waals surface area contributed by atoms with Crippen molar-refractivity contribution in [1.29, 1.82) is 0 Å². The summed E-state index contributed by atoms with van der Waals surface area (Å²) >= 11 is 0. The van der Waals surface area contributed by atoms with Crippen molar-refractivity contribution in [3.63, 3.8) is 0 Å². The molecule has 2 aromatic heterocycles. The number of aromatic nitrogens is 2. The van der Waals surface area contributed by atoms with E-state index in [1.807, 2.05) is 25.1 Å². The number of hydrogen-bond acceptors (Lipinski definition) is 4. The molecule has 0 aliphatic rings. The highest BCUT2D eigenvalue weighted by molar-refractivity contribution is 6.00. The Morgan fingerprint density at radius 3 is 3.00 bits per heavy atom. The quantitative estimate of drug-likeness (QED) is 0.635. The summed E-state index contributed by atoms with van der Waals surface area (Å²) in [4.78, 5) is 21.1. The Hall–Kier alpha value is -2.30. The third kappa shape index (κ3) is 1.25. The number of aryl methyl sites for hydroxylation is 1. The minimum Gasteiger partial charge on any atom is -0.443 e. The summed E-state index contributed by atoms with van der Waals surface area (Å²) in [5.74, 6) is 0. The first-order valence-corrected chi connectivity index (χ1v) is 5.15. The molecule has 0 saturated carbocycles. The average Bonchev–Trinajstić information content (AvgIpc) is 2.80. The second kappa shape index (κ2) is 3.35. The number of pyridine rings is 1. The molecule has 0 unspecified atom stereocenters. The molecule has 0 spiro atoms. The van der Waals surface area contributed by atoms with Gasteiger partial charge in [0.15, 0.2) is 17.5 Å². The van der Waals surface area contributed by atoms with Crippen LogP contribution in [-0.4, -0.2) is 16.8 Å². The summed E-state index contributed by atoms with van der Waals surface area (Å²) in [6.45, 7) is 1.98. The third-order valence-corrected chi connectivity index (χ3v) is 2.75. The summed E-state index contributed by atoms with van der Waals surface area (Å²) in [6, 6.07) is 5.69. The zero-order chi connectivity index (χ0) is 12.0. The number of oxazole rings is 1. The fourth-order valence-corrected chi connectivity index (χ4v) is 1.99. The molecule has 0 atom stereocenters. The van der Waals surface area contributed by atoms with Crippen LogP contribution in [-0.2, 0) is 0 Å². The molecule has 0 fully saturated rings. The Kier molecular flexibility index (Phi) is 1.95. The minimum atomic E-state index is -0.312. The van der Waals surface area contributed by atoms with E-state index in [2.05, 4.69) is 4.98 Å². The highest BCUT2D eigenvalue weighted by Crippen LogP contribution is 2.22. The molecular weight excluding hydrogens is 220 g/mol. The van der Waals surface area contributed by atoms with E-state index in [9.17, 15) is 4.79 Å². The number of rotatable bonds is 1. The van der Waals surface area contributed by atoms with E-state index >= 15 is 0 Å². The Labute approximate surface area is 96.2 Å². The van der Waals surface area contributed by atoms with Crippen molar-refractivity contribution in [1.82, 2.24) is 9.71 Å². The van der Waals surface area contributed by atoms with Crippen LogP contribution < -0.4 is 10.4 Å². The van der Waals surface area contributed by atoms with Crippen LogP contribution in [0.5, 0.6) is 0 Å². The van der Waals surface area contributed by atoms with Gasteiger partial charge in [0.2, 0.25) is 0 Å². The molecule has 0 bridgehead atoms. The van der Waals surface area contributed by atoms with Gasteiger partial charge in [-0.25, -0.2) is 4.98 Å². The Balaban J connectivity index is 2.67. The monoisotopic (exact) mass is 230 g/mol. The molecule has 17 heavy (non-hydrogen) atoms. The molecule has 2 heterocycles. The van der Waals surface area contributed by atoms with Gasteiger partial charge in [0, 0.05) is 5.39 Å². The molecule has 3 aromatic rings. The predicted molar refractivity (Wildman–Crippen MR) is 63.0 cm³/mol. The Morgan fingerprint density at radius 1 is 1.41 bits per heavy atom. The number of benzene rings is 1. The largest absolute Gasteiger partial charge is 0.443 e. The summed E-state index contributed by atoms with van der Waals surface area (Å²) < 4.78 is 6.51. The lowest BCUT2D eigenvalue weighted by Gasteiger charge is -2.08. The molecule has 0 amide bonds. The molecule has 0 aliphatic heterocycles. The smallest absolute Gasteiger partial charge is 0.313 e. The Bertz CT molecular complexity index is 770. The van der Waals surface area contributed by atoms with Gasteiger partial charge in [-0.15, -0.1) is 4.73 Å². The molecule has 0 N–H and O–H groups in total. The summed E-state index contributed by atoms with van der Waals surface area (Å²) in [5, 5.41) is 0.818. The van der Waals surface area contributed by atoms with E-state index in [0.29, 0.717) is 11.1 Å². The van der Waals surface area contributed by atoms with Gasteiger partial charge in [-0.1, -0.05) is 11.6 Å². The lowest BCUT2D eigenvalue weighted by Crippen LogP contribution is -2.25. The lowest BCUT2D eigenvalue weighted by atomic mass is 10.1. The van der Waals surface area contributed by atoms with E-state index in [1.54, 1.807) is 0 Å². The van der Waals surface area contributed by atoms with Crippen LogP contribution in [0.25, 0.3) is 22.0 Å². The number of hydrogen-bond donors (Lipinski definition) is 0.